The largest absolute Gasteiger partial charge is 0.481 e. The van der Waals surface area contributed by atoms with Crippen LogP contribution in [0.1, 0.15) is 38.1 Å². The Morgan fingerprint density at radius 2 is 2.16 bits per heavy atom. The van der Waals surface area contributed by atoms with Gasteiger partial charge in [-0.3, -0.25) is 9.59 Å². The third-order valence-electron chi connectivity index (χ3n) is 3.96. The topological polar surface area (TPSA) is 84.2 Å². The molecule has 0 bridgehead atoms. The van der Waals surface area contributed by atoms with Crippen molar-refractivity contribution in [2.45, 2.75) is 44.2 Å². The van der Waals surface area contributed by atoms with Crippen molar-refractivity contribution in [1.82, 2.24) is 9.55 Å². The van der Waals surface area contributed by atoms with E-state index in [9.17, 15) is 9.59 Å². The van der Waals surface area contributed by atoms with Crippen LogP contribution in [0, 0.1) is 5.92 Å². The molecule has 2 fully saturated rings. The van der Waals surface area contributed by atoms with E-state index >= 15 is 0 Å². The molecule has 6 heteroatoms. The first-order valence-corrected chi connectivity index (χ1v) is 6.73. The molecule has 6 nitrogen and oxygen atoms in total. The smallest absolute Gasteiger partial charge is 0.308 e. The third-order valence-corrected chi connectivity index (χ3v) is 3.96. The van der Waals surface area contributed by atoms with Gasteiger partial charge in [-0.2, -0.15) is 0 Å². The molecule has 2 saturated carbocycles. The van der Waals surface area contributed by atoms with Crippen LogP contribution in [-0.4, -0.2) is 26.7 Å². The van der Waals surface area contributed by atoms with Crippen LogP contribution in [-0.2, 0) is 4.79 Å². The second kappa shape index (κ2) is 4.68. The Morgan fingerprint density at radius 1 is 1.37 bits per heavy atom. The van der Waals surface area contributed by atoms with Crippen molar-refractivity contribution in [2.75, 3.05) is 5.32 Å². The standard InChI is InChI=1S/C13H17N3O3/c17-12-11(14-6-7-16(12)8-4-5-8)15-10-3-1-2-9(10)13(18)19/h6-10H,1-5H2,(H,14,15)(H,18,19). The van der Waals surface area contributed by atoms with Gasteiger partial charge >= 0.3 is 5.97 Å². The number of nitrogens with zero attached hydrogens (tertiary/aromatic N) is 2. The number of carbonyl (C=O) groups is 1. The van der Waals surface area contributed by atoms with Crippen molar-refractivity contribution in [2.24, 2.45) is 5.92 Å². The Balaban J connectivity index is 1.81. The van der Waals surface area contributed by atoms with Crippen LogP contribution >= 0.6 is 0 Å². The molecule has 2 atom stereocenters. The average molecular weight is 263 g/mol. The fourth-order valence-corrected chi connectivity index (χ4v) is 2.77. The summed E-state index contributed by atoms with van der Waals surface area (Å²) < 4.78 is 1.69. The van der Waals surface area contributed by atoms with E-state index in [1.165, 1.54) is 0 Å². The first kappa shape index (κ1) is 12.2. The maximum absolute atomic E-state index is 12.2. The predicted octanol–water partition coefficient (Wildman–Crippen LogP) is 1.24. The number of carboxylic acid groups (broad SMARTS) is 1. The molecule has 0 spiro atoms. The Bertz CT molecular complexity index is 550. The lowest BCUT2D eigenvalue weighted by atomic mass is 10.0. The minimum Gasteiger partial charge on any atom is -0.481 e. The Hall–Kier alpha value is -1.85. The van der Waals surface area contributed by atoms with Gasteiger partial charge in [0, 0.05) is 24.5 Å². The van der Waals surface area contributed by atoms with Gasteiger partial charge in [0.25, 0.3) is 5.56 Å². The van der Waals surface area contributed by atoms with Crippen molar-refractivity contribution < 1.29 is 9.90 Å². The summed E-state index contributed by atoms with van der Waals surface area (Å²) in [4.78, 5) is 27.4. The molecule has 0 radical (unpaired) electrons. The monoisotopic (exact) mass is 263 g/mol. The highest BCUT2D eigenvalue weighted by atomic mass is 16.4. The highest BCUT2D eigenvalue weighted by Crippen LogP contribution is 2.33. The van der Waals surface area contributed by atoms with Gasteiger partial charge < -0.3 is 15.0 Å². The van der Waals surface area contributed by atoms with E-state index in [1.54, 1.807) is 17.0 Å². The summed E-state index contributed by atoms with van der Waals surface area (Å²) in [6, 6.07) is 0.114. The van der Waals surface area contributed by atoms with E-state index in [4.69, 9.17) is 5.11 Å². The molecule has 1 heterocycles. The number of aliphatic carboxylic acids is 1. The summed E-state index contributed by atoms with van der Waals surface area (Å²) in [5, 5.41) is 12.2. The zero-order valence-corrected chi connectivity index (χ0v) is 10.6. The van der Waals surface area contributed by atoms with Crippen LogP contribution in [0.5, 0.6) is 0 Å². The number of rotatable bonds is 4. The van der Waals surface area contributed by atoms with Crippen LogP contribution in [0.4, 0.5) is 5.82 Å². The summed E-state index contributed by atoms with van der Waals surface area (Å²) in [5.41, 5.74) is -0.138. The van der Waals surface area contributed by atoms with Crippen molar-refractivity contribution >= 4 is 11.8 Å². The summed E-state index contributed by atoms with van der Waals surface area (Å²) in [6.07, 6.45) is 7.68. The second-order valence-electron chi connectivity index (χ2n) is 5.35. The van der Waals surface area contributed by atoms with Gasteiger partial charge in [-0.15, -0.1) is 0 Å². The lowest BCUT2D eigenvalue weighted by molar-refractivity contribution is -0.141. The van der Waals surface area contributed by atoms with E-state index in [2.05, 4.69) is 10.3 Å². The fraction of sp³-hybridized carbons (Fsp3) is 0.615. The molecule has 1 aromatic heterocycles. The van der Waals surface area contributed by atoms with Gasteiger partial charge in [-0.25, -0.2) is 4.98 Å². The minimum absolute atomic E-state index is 0.138. The fourth-order valence-electron chi connectivity index (χ4n) is 2.77. The molecule has 0 saturated heterocycles. The molecule has 2 aliphatic carbocycles. The quantitative estimate of drug-likeness (QED) is 0.854. The molecule has 0 aromatic carbocycles. The van der Waals surface area contributed by atoms with E-state index in [0.717, 1.165) is 25.7 Å². The molecule has 2 N–H and O–H groups in total. The Labute approximate surface area is 110 Å². The summed E-state index contributed by atoms with van der Waals surface area (Å²) in [6.45, 7) is 0. The third kappa shape index (κ3) is 2.34. The zero-order valence-electron chi connectivity index (χ0n) is 10.6. The van der Waals surface area contributed by atoms with Gasteiger partial charge in [0.05, 0.1) is 5.92 Å². The minimum atomic E-state index is -0.798. The number of aromatic nitrogens is 2. The lowest BCUT2D eigenvalue weighted by Gasteiger charge is -2.18. The Morgan fingerprint density at radius 3 is 2.84 bits per heavy atom. The number of carboxylic acids is 1. The molecular formula is C13H17N3O3. The molecule has 0 aliphatic heterocycles. The summed E-state index contributed by atoms with van der Waals surface area (Å²) >= 11 is 0. The van der Waals surface area contributed by atoms with Gasteiger partial charge in [-0.1, -0.05) is 6.42 Å². The number of hydrogen-bond donors (Lipinski definition) is 2. The number of hydrogen-bond acceptors (Lipinski definition) is 4. The predicted molar refractivity (Wildman–Crippen MR) is 69.2 cm³/mol. The van der Waals surface area contributed by atoms with Crippen molar-refractivity contribution in [1.29, 1.82) is 0 Å². The van der Waals surface area contributed by atoms with Crippen LogP contribution in [0.3, 0.4) is 0 Å². The normalized spacial score (nSPS) is 26.3. The number of anilines is 1. The first-order valence-electron chi connectivity index (χ1n) is 6.73. The molecule has 1 aromatic rings. The summed E-state index contributed by atoms with van der Waals surface area (Å²) in [7, 11) is 0. The second-order valence-corrected chi connectivity index (χ2v) is 5.35. The van der Waals surface area contributed by atoms with Gasteiger partial charge in [0.2, 0.25) is 0 Å². The molecule has 3 rings (SSSR count). The number of nitrogens with one attached hydrogen (secondary N) is 1. The van der Waals surface area contributed by atoms with Gasteiger partial charge in [0.1, 0.15) is 0 Å². The molecule has 2 unspecified atom stereocenters. The van der Waals surface area contributed by atoms with Crippen molar-refractivity contribution in [3.8, 4) is 0 Å². The van der Waals surface area contributed by atoms with E-state index in [1.807, 2.05) is 0 Å². The molecular weight excluding hydrogens is 246 g/mol. The van der Waals surface area contributed by atoms with Gasteiger partial charge in [0.15, 0.2) is 5.82 Å². The van der Waals surface area contributed by atoms with Crippen LogP contribution in [0.15, 0.2) is 17.2 Å². The Kier molecular flexibility index (Phi) is 3.00. The lowest BCUT2D eigenvalue weighted by Crippen LogP contribution is -2.34. The van der Waals surface area contributed by atoms with Crippen LogP contribution in [0.25, 0.3) is 0 Å². The van der Waals surface area contributed by atoms with E-state index < -0.39 is 11.9 Å². The molecule has 0 amide bonds. The molecule has 102 valence electrons. The summed E-state index contributed by atoms with van der Waals surface area (Å²) in [5.74, 6) is -0.934. The van der Waals surface area contributed by atoms with Crippen LogP contribution < -0.4 is 10.9 Å². The van der Waals surface area contributed by atoms with Crippen LogP contribution in [0.2, 0.25) is 0 Å². The zero-order chi connectivity index (χ0) is 13.4. The average Bonchev–Trinajstić information content (AvgIpc) is 3.11. The highest BCUT2D eigenvalue weighted by molar-refractivity contribution is 5.72. The van der Waals surface area contributed by atoms with E-state index in [-0.39, 0.29) is 17.4 Å². The molecule has 2 aliphatic rings. The van der Waals surface area contributed by atoms with Crippen molar-refractivity contribution in [3.63, 3.8) is 0 Å². The van der Waals surface area contributed by atoms with Gasteiger partial charge in [-0.05, 0) is 25.7 Å². The SMILES string of the molecule is O=C(O)C1CCCC1Nc1nccn(C2CC2)c1=O. The maximum atomic E-state index is 12.2. The van der Waals surface area contributed by atoms with E-state index in [0.29, 0.717) is 12.5 Å². The molecule has 19 heavy (non-hydrogen) atoms. The first-order chi connectivity index (χ1) is 9.16. The maximum Gasteiger partial charge on any atom is 0.308 e. The highest BCUT2D eigenvalue weighted by Gasteiger charge is 2.34. The van der Waals surface area contributed by atoms with Crippen molar-refractivity contribution in [3.05, 3.63) is 22.7 Å².